The molecule has 0 radical (unpaired) electrons. The van der Waals surface area contributed by atoms with Crippen molar-refractivity contribution in [3.8, 4) is 5.75 Å². The second kappa shape index (κ2) is 6.41. The number of carbonyl (C=O) groups excluding carboxylic acids is 2. The lowest BCUT2D eigenvalue weighted by Crippen LogP contribution is -2.44. The van der Waals surface area contributed by atoms with E-state index in [9.17, 15) is 9.59 Å². The third kappa shape index (κ3) is 2.92. The van der Waals surface area contributed by atoms with Crippen LogP contribution in [0.15, 0.2) is 24.3 Å². The highest BCUT2D eigenvalue weighted by Gasteiger charge is 2.30. The molecule has 2 rings (SSSR count). The molecule has 2 amide bonds. The summed E-state index contributed by atoms with van der Waals surface area (Å²) in [5.41, 5.74) is 0.731. The number of nitrogens with one attached hydrogen (secondary N) is 1. The molecule has 1 aliphatic rings. The first-order valence-corrected chi connectivity index (χ1v) is 7.00. The molecule has 0 spiro atoms. The fourth-order valence-electron chi connectivity index (χ4n) is 2.31. The van der Waals surface area contributed by atoms with E-state index in [1.807, 2.05) is 38.1 Å². The van der Waals surface area contributed by atoms with Crippen molar-refractivity contribution in [3.63, 3.8) is 0 Å². The van der Waals surface area contributed by atoms with Crippen LogP contribution in [0, 0.1) is 0 Å². The van der Waals surface area contributed by atoms with Crippen molar-refractivity contribution in [3.05, 3.63) is 24.3 Å². The first kappa shape index (κ1) is 14.4. The topological polar surface area (TPSA) is 58.6 Å². The fraction of sp³-hybridized carbons (Fsp3) is 0.467. The lowest BCUT2D eigenvalue weighted by atomic mass is 10.2. The Labute approximate surface area is 118 Å². The summed E-state index contributed by atoms with van der Waals surface area (Å²) in [5.74, 6) is 0.514. The normalized spacial score (nSPS) is 19.5. The van der Waals surface area contributed by atoms with Crippen molar-refractivity contribution in [1.82, 2.24) is 5.32 Å². The van der Waals surface area contributed by atoms with Gasteiger partial charge in [0.25, 0.3) is 0 Å². The third-order valence-corrected chi connectivity index (χ3v) is 3.33. The Kier molecular flexibility index (Phi) is 4.61. The molecule has 1 heterocycles. The Balaban J connectivity index is 2.34. The average molecular weight is 276 g/mol. The largest absolute Gasteiger partial charge is 0.492 e. The van der Waals surface area contributed by atoms with Crippen molar-refractivity contribution >= 4 is 17.5 Å². The van der Waals surface area contributed by atoms with Gasteiger partial charge in [-0.3, -0.25) is 9.59 Å². The second-order valence-electron chi connectivity index (χ2n) is 4.67. The minimum absolute atomic E-state index is 0.0782. The lowest BCUT2D eigenvalue weighted by Gasteiger charge is -2.25. The van der Waals surface area contributed by atoms with E-state index >= 15 is 0 Å². The van der Waals surface area contributed by atoms with Crippen LogP contribution >= 0.6 is 0 Å². The van der Waals surface area contributed by atoms with Crippen molar-refractivity contribution in [2.75, 3.05) is 18.1 Å². The van der Waals surface area contributed by atoms with E-state index in [-0.39, 0.29) is 11.8 Å². The third-order valence-electron chi connectivity index (χ3n) is 3.33. The van der Waals surface area contributed by atoms with Gasteiger partial charge in [-0.2, -0.15) is 0 Å². The summed E-state index contributed by atoms with van der Waals surface area (Å²) < 4.78 is 5.58. The minimum atomic E-state index is -0.459. The number of amides is 2. The number of hydrogen-bond acceptors (Lipinski definition) is 3. The van der Waals surface area contributed by atoms with Gasteiger partial charge >= 0.3 is 0 Å². The number of nitrogens with zero attached hydrogens (tertiary/aromatic N) is 1. The number of rotatable bonds is 4. The van der Waals surface area contributed by atoms with Crippen molar-refractivity contribution in [2.24, 2.45) is 0 Å². The number of ether oxygens (including phenoxy) is 1. The van der Waals surface area contributed by atoms with Gasteiger partial charge in [-0.15, -0.1) is 0 Å². The minimum Gasteiger partial charge on any atom is -0.492 e. The van der Waals surface area contributed by atoms with Crippen LogP contribution < -0.4 is 15.0 Å². The van der Waals surface area contributed by atoms with E-state index in [0.717, 1.165) is 5.69 Å². The van der Waals surface area contributed by atoms with E-state index in [2.05, 4.69) is 5.32 Å². The molecule has 1 aromatic carbocycles. The van der Waals surface area contributed by atoms with Crippen molar-refractivity contribution in [1.29, 1.82) is 0 Å². The Hall–Kier alpha value is -2.04. The van der Waals surface area contributed by atoms with E-state index in [0.29, 0.717) is 31.7 Å². The van der Waals surface area contributed by atoms with Crippen LogP contribution in [0.1, 0.15) is 26.7 Å². The lowest BCUT2D eigenvalue weighted by molar-refractivity contribution is -0.125. The number of carbonyl (C=O) groups is 2. The molecule has 1 unspecified atom stereocenters. The van der Waals surface area contributed by atoms with Gasteiger partial charge in [0.05, 0.1) is 12.3 Å². The first-order valence-electron chi connectivity index (χ1n) is 7.00. The summed E-state index contributed by atoms with van der Waals surface area (Å²) in [7, 11) is 0. The van der Waals surface area contributed by atoms with Crippen LogP contribution in [0.5, 0.6) is 5.75 Å². The van der Waals surface area contributed by atoms with Gasteiger partial charge in [-0.1, -0.05) is 19.1 Å². The SMILES string of the molecule is CCOc1ccccc1N1CCC(=O)NC(CC)C1=O. The van der Waals surface area contributed by atoms with E-state index in [4.69, 9.17) is 4.74 Å². The second-order valence-corrected chi connectivity index (χ2v) is 4.67. The summed E-state index contributed by atoms with van der Waals surface area (Å²) in [5, 5.41) is 2.76. The van der Waals surface area contributed by atoms with Gasteiger partial charge in [-0.05, 0) is 25.5 Å². The van der Waals surface area contributed by atoms with E-state index in [1.54, 1.807) is 4.90 Å². The monoisotopic (exact) mass is 276 g/mol. The van der Waals surface area contributed by atoms with Crippen LogP contribution in [0.2, 0.25) is 0 Å². The van der Waals surface area contributed by atoms with Gasteiger partial charge in [-0.25, -0.2) is 0 Å². The van der Waals surface area contributed by atoms with E-state index < -0.39 is 6.04 Å². The van der Waals surface area contributed by atoms with E-state index in [1.165, 1.54) is 0 Å². The van der Waals surface area contributed by atoms with Crippen molar-refractivity contribution in [2.45, 2.75) is 32.7 Å². The predicted molar refractivity (Wildman–Crippen MR) is 76.8 cm³/mol. The molecule has 0 bridgehead atoms. The molecule has 20 heavy (non-hydrogen) atoms. The standard InChI is InChI=1S/C15H20N2O3/c1-3-11-15(19)17(10-9-14(18)16-11)12-7-5-6-8-13(12)20-4-2/h5-8,11H,3-4,9-10H2,1-2H3,(H,16,18). The quantitative estimate of drug-likeness (QED) is 0.911. The molecule has 1 aliphatic heterocycles. The number of para-hydroxylation sites is 2. The van der Waals surface area contributed by atoms with Gasteiger partial charge < -0.3 is 15.0 Å². The Bertz CT molecular complexity index is 502. The summed E-state index contributed by atoms with van der Waals surface area (Å²) in [6.45, 7) is 4.71. The van der Waals surface area contributed by atoms with Gasteiger partial charge in [0, 0.05) is 13.0 Å². The maximum absolute atomic E-state index is 12.5. The van der Waals surface area contributed by atoms with Crippen LogP contribution in [-0.4, -0.2) is 31.0 Å². The molecule has 0 aliphatic carbocycles. The molecule has 5 heteroatoms. The number of hydrogen-bond donors (Lipinski definition) is 1. The van der Waals surface area contributed by atoms with Crippen molar-refractivity contribution < 1.29 is 14.3 Å². The molecule has 0 aromatic heterocycles. The molecular formula is C15H20N2O3. The molecule has 108 valence electrons. The smallest absolute Gasteiger partial charge is 0.249 e. The highest BCUT2D eigenvalue weighted by atomic mass is 16.5. The Morgan fingerprint density at radius 2 is 2.05 bits per heavy atom. The first-order chi connectivity index (χ1) is 9.67. The zero-order valence-electron chi connectivity index (χ0n) is 11.9. The van der Waals surface area contributed by atoms with Crippen LogP contribution in [0.4, 0.5) is 5.69 Å². The molecule has 1 N–H and O–H groups in total. The highest BCUT2D eigenvalue weighted by molar-refractivity contribution is 6.02. The zero-order valence-corrected chi connectivity index (χ0v) is 11.9. The van der Waals surface area contributed by atoms with Gasteiger partial charge in [0.2, 0.25) is 11.8 Å². The van der Waals surface area contributed by atoms with Gasteiger partial charge in [0.15, 0.2) is 0 Å². The maximum atomic E-state index is 12.5. The molecule has 5 nitrogen and oxygen atoms in total. The molecule has 0 saturated carbocycles. The summed E-state index contributed by atoms with van der Waals surface area (Å²) in [6, 6.07) is 6.97. The molecule has 1 saturated heterocycles. The number of benzene rings is 1. The maximum Gasteiger partial charge on any atom is 0.249 e. The average Bonchev–Trinajstić information content (AvgIpc) is 2.59. The molecular weight excluding hydrogens is 256 g/mol. The summed E-state index contributed by atoms with van der Waals surface area (Å²) in [6.07, 6.45) is 0.889. The summed E-state index contributed by atoms with van der Waals surface area (Å²) in [4.78, 5) is 25.8. The molecule has 1 fully saturated rings. The van der Waals surface area contributed by atoms with Crippen LogP contribution in [0.25, 0.3) is 0 Å². The van der Waals surface area contributed by atoms with Gasteiger partial charge in [0.1, 0.15) is 11.8 Å². The highest BCUT2D eigenvalue weighted by Crippen LogP contribution is 2.29. The Morgan fingerprint density at radius 1 is 1.30 bits per heavy atom. The molecule has 1 atom stereocenters. The zero-order chi connectivity index (χ0) is 14.5. The summed E-state index contributed by atoms with van der Waals surface area (Å²) >= 11 is 0. The number of anilines is 1. The van der Waals surface area contributed by atoms with Crippen LogP contribution in [0.3, 0.4) is 0 Å². The Morgan fingerprint density at radius 3 is 2.75 bits per heavy atom. The predicted octanol–water partition coefficient (Wildman–Crippen LogP) is 1.72. The van der Waals surface area contributed by atoms with Crippen LogP contribution in [-0.2, 0) is 9.59 Å². The fourth-order valence-corrected chi connectivity index (χ4v) is 2.31. The molecule has 1 aromatic rings.